The van der Waals surface area contributed by atoms with Crippen molar-refractivity contribution < 1.29 is 13.2 Å². The fourth-order valence-electron chi connectivity index (χ4n) is 2.90. The number of anilines is 1. The molecule has 0 saturated carbocycles. The average Bonchev–Trinajstić information content (AvgIpc) is 2.74. The number of carbonyl (C=O) groups is 1. The molecule has 162 valence electrons. The lowest BCUT2D eigenvalue weighted by molar-refractivity contribution is 0.0956. The van der Waals surface area contributed by atoms with Gasteiger partial charge in [-0.2, -0.15) is 11.8 Å². The summed E-state index contributed by atoms with van der Waals surface area (Å²) in [6.45, 7) is 2.18. The number of amides is 1. The summed E-state index contributed by atoms with van der Waals surface area (Å²) >= 11 is 7.67. The molecule has 5 nitrogen and oxygen atoms in total. The Bertz CT molecular complexity index is 1150. The monoisotopic (exact) mass is 474 g/mol. The van der Waals surface area contributed by atoms with Crippen LogP contribution in [0.1, 0.15) is 21.5 Å². The van der Waals surface area contributed by atoms with Gasteiger partial charge in [0.2, 0.25) is 0 Å². The van der Waals surface area contributed by atoms with E-state index in [2.05, 4.69) is 10.0 Å². The smallest absolute Gasteiger partial charge is 0.262 e. The van der Waals surface area contributed by atoms with E-state index < -0.39 is 10.0 Å². The van der Waals surface area contributed by atoms with Gasteiger partial charge in [0.25, 0.3) is 15.9 Å². The lowest BCUT2D eigenvalue weighted by Gasteiger charge is -2.12. The summed E-state index contributed by atoms with van der Waals surface area (Å²) in [4.78, 5) is 12.6. The fraction of sp³-hybridized carbons (Fsp3) is 0.174. The van der Waals surface area contributed by atoms with Gasteiger partial charge in [-0.25, -0.2) is 8.42 Å². The number of thioether (sulfide) groups is 1. The van der Waals surface area contributed by atoms with Crippen LogP contribution in [0.4, 0.5) is 5.69 Å². The molecule has 0 radical (unpaired) electrons. The Hall–Kier alpha value is -2.48. The Morgan fingerprint density at radius 3 is 2.52 bits per heavy atom. The van der Waals surface area contributed by atoms with Gasteiger partial charge in [0, 0.05) is 34.3 Å². The number of rotatable bonds is 9. The van der Waals surface area contributed by atoms with Crippen LogP contribution in [0.5, 0.6) is 0 Å². The van der Waals surface area contributed by atoms with Crippen LogP contribution in [0.3, 0.4) is 0 Å². The molecule has 1 amide bonds. The van der Waals surface area contributed by atoms with E-state index in [1.807, 2.05) is 24.3 Å². The van der Waals surface area contributed by atoms with Crippen LogP contribution in [-0.4, -0.2) is 26.6 Å². The molecule has 0 aliphatic rings. The van der Waals surface area contributed by atoms with Gasteiger partial charge in [0.15, 0.2) is 0 Å². The van der Waals surface area contributed by atoms with Gasteiger partial charge in [-0.1, -0.05) is 48.0 Å². The number of nitrogens with one attached hydrogen (secondary N) is 2. The van der Waals surface area contributed by atoms with Gasteiger partial charge in [-0.3, -0.25) is 9.52 Å². The molecule has 0 aromatic heterocycles. The molecule has 31 heavy (non-hydrogen) atoms. The van der Waals surface area contributed by atoms with Gasteiger partial charge in [0.1, 0.15) is 0 Å². The number of carbonyl (C=O) groups excluding carboxylic acids is 1. The van der Waals surface area contributed by atoms with Crippen molar-refractivity contribution >= 4 is 45.0 Å². The maximum absolute atomic E-state index is 12.8. The maximum Gasteiger partial charge on any atom is 0.262 e. The maximum atomic E-state index is 12.8. The van der Waals surface area contributed by atoms with Crippen LogP contribution in [0.2, 0.25) is 5.02 Å². The summed E-state index contributed by atoms with van der Waals surface area (Å²) in [6, 6.07) is 21.0. The molecule has 0 aliphatic carbocycles. The Kier molecular flexibility index (Phi) is 8.01. The molecular weight excluding hydrogens is 452 g/mol. The van der Waals surface area contributed by atoms with E-state index >= 15 is 0 Å². The van der Waals surface area contributed by atoms with Crippen molar-refractivity contribution in [3.05, 3.63) is 94.5 Å². The number of sulfonamides is 1. The molecule has 0 fully saturated rings. The summed E-state index contributed by atoms with van der Waals surface area (Å²) < 4.78 is 28.1. The second-order valence-corrected chi connectivity index (χ2v) is 10.1. The van der Waals surface area contributed by atoms with Crippen LogP contribution in [0, 0.1) is 6.92 Å². The molecular formula is C23H23ClN2O3S2. The second-order valence-electron chi connectivity index (χ2n) is 6.89. The van der Waals surface area contributed by atoms with Gasteiger partial charge < -0.3 is 5.32 Å². The SMILES string of the molecule is Cc1ccc(C(=O)NCCSCc2cccc(Cl)c2)cc1S(=O)(=O)Nc1ccccc1. The van der Waals surface area contributed by atoms with Crippen molar-refractivity contribution in [1.29, 1.82) is 0 Å². The molecule has 0 spiro atoms. The molecule has 3 rings (SSSR count). The van der Waals surface area contributed by atoms with Crippen molar-refractivity contribution in [3.63, 3.8) is 0 Å². The molecule has 3 aromatic rings. The first-order valence-corrected chi connectivity index (χ1v) is 12.7. The first-order valence-electron chi connectivity index (χ1n) is 9.64. The number of hydrogen-bond donors (Lipinski definition) is 2. The van der Waals surface area contributed by atoms with Crippen LogP contribution >= 0.6 is 23.4 Å². The third-order valence-corrected chi connectivity index (χ3v) is 7.24. The summed E-state index contributed by atoms with van der Waals surface area (Å²) in [5.74, 6) is 1.22. The largest absolute Gasteiger partial charge is 0.351 e. The van der Waals surface area contributed by atoms with Crippen molar-refractivity contribution in [2.75, 3.05) is 17.0 Å². The van der Waals surface area contributed by atoms with Gasteiger partial charge in [0.05, 0.1) is 4.90 Å². The molecule has 0 heterocycles. The molecule has 0 unspecified atom stereocenters. The lowest BCUT2D eigenvalue weighted by Crippen LogP contribution is -2.26. The van der Waals surface area contributed by atoms with Crippen LogP contribution in [0.15, 0.2) is 77.7 Å². The zero-order chi connectivity index (χ0) is 22.3. The normalized spacial score (nSPS) is 11.2. The van der Waals surface area contributed by atoms with Crippen LogP contribution in [-0.2, 0) is 15.8 Å². The highest BCUT2D eigenvalue weighted by molar-refractivity contribution is 7.98. The first kappa shape index (κ1) is 23.2. The quantitative estimate of drug-likeness (QED) is 0.422. The highest BCUT2D eigenvalue weighted by atomic mass is 35.5. The Morgan fingerprint density at radius 1 is 1.00 bits per heavy atom. The standard InChI is InChI=1S/C23H23ClN2O3S2/c1-17-10-11-19(15-22(17)31(28,29)26-21-8-3-2-4-9-21)23(27)25-12-13-30-16-18-6-5-7-20(24)14-18/h2-11,14-15,26H,12-13,16H2,1H3,(H,25,27). The van der Waals surface area contributed by atoms with Crippen molar-refractivity contribution in [2.24, 2.45) is 0 Å². The summed E-state index contributed by atoms with van der Waals surface area (Å²) in [7, 11) is -3.81. The van der Waals surface area contributed by atoms with Gasteiger partial charge >= 0.3 is 0 Å². The third kappa shape index (κ3) is 6.75. The molecule has 0 saturated heterocycles. The molecule has 2 N–H and O–H groups in total. The second kappa shape index (κ2) is 10.7. The predicted molar refractivity (Wildman–Crippen MR) is 128 cm³/mol. The zero-order valence-electron chi connectivity index (χ0n) is 17.0. The molecule has 0 aliphatic heterocycles. The molecule has 0 atom stereocenters. The van der Waals surface area contributed by atoms with E-state index in [0.29, 0.717) is 28.4 Å². The van der Waals surface area contributed by atoms with E-state index in [1.165, 1.54) is 6.07 Å². The number of hydrogen-bond acceptors (Lipinski definition) is 4. The zero-order valence-corrected chi connectivity index (χ0v) is 19.4. The van der Waals surface area contributed by atoms with E-state index in [4.69, 9.17) is 11.6 Å². The van der Waals surface area contributed by atoms with Crippen molar-refractivity contribution in [2.45, 2.75) is 17.6 Å². The van der Waals surface area contributed by atoms with Gasteiger partial charge in [-0.15, -0.1) is 0 Å². The summed E-state index contributed by atoms with van der Waals surface area (Å²) in [6.07, 6.45) is 0. The minimum atomic E-state index is -3.81. The topological polar surface area (TPSA) is 75.3 Å². The molecule has 3 aromatic carbocycles. The van der Waals surface area contributed by atoms with Crippen molar-refractivity contribution in [1.82, 2.24) is 5.32 Å². The highest BCUT2D eigenvalue weighted by Crippen LogP contribution is 2.21. The molecule has 0 bridgehead atoms. The first-order chi connectivity index (χ1) is 14.8. The number of para-hydroxylation sites is 1. The Labute approximate surface area is 192 Å². The fourth-order valence-corrected chi connectivity index (χ4v) is 5.25. The third-order valence-electron chi connectivity index (χ3n) is 4.46. The predicted octanol–water partition coefficient (Wildman–Crippen LogP) is 5.11. The number of aryl methyl sites for hydroxylation is 1. The van der Waals surface area contributed by atoms with Gasteiger partial charge in [-0.05, 0) is 54.4 Å². The lowest BCUT2D eigenvalue weighted by atomic mass is 10.1. The average molecular weight is 475 g/mol. The number of benzene rings is 3. The van der Waals surface area contributed by atoms with E-state index in [-0.39, 0.29) is 10.8 Å². The minimum absolute atomic E-state index is 0.0827. The Morgan fingerprint density at radius 2 is 1.77 bits per heavy atom. The minimum Gasteiger partial charge on any atom is -0.351 e. The van der Waals surface area contributed by atoms with Crippen LogP contribution < -0.4 is 10.0 Å². The number of halogens is 1. The Balaban J connectivity index is 1.58. The van der Waals surface area contributed by atoms with E-state index in [9.17, 15) is 13.2 Å². The highest BCUT2D eigenvalue weighted by Gasteiger charge is 2.19. The van der Waals surface area contributed by atoms with E-state index in [1.54, 1.807) is 61.2 Å². The van der Waals surface area contributed by atoms with Crippen LogP contribution in [0.25, 0.3) is 0 Å². The molecule has 8 heteroatoms. The summed E-state index contributed by atoms with van der Waals surface area (Å²) in [5.41, 5.74) is 2.47. The van der Waals surface area contributed by atoms with E-state index in [0.717, 1.165) is 17.1 Å². The summed E-state index contributed by atoms with van der Waals surface area (Å²) in [5, 5.41) is 3.55. The van der Waals surface area contributed by atoms with Crippen molar-refractivity contribution in [3.8, 4) is 0 Å².